The molecular weight excluding hydrogens is 248 g/mol. The average molecular weight is 264 g/mol. The van der Waals surface area contributed by atoms with Crippen LogP contribution in [0.3, 0.4) is 0 Å². The van der Waals surface area contributed by atoms with Crippen LogP contribution in [0.4, 0.5) is 0 Å². The molecule has 1 N–H and O–H groups in total. The van der Waals surface area contributed by atoms with Gasteiger partial charge >= 0.3 is 0 Å². The van der Waals surface area contributed by atoms with Crippen molar-refractivity contribution in [2.75, 3.05) is 0 Å². The Morgan fingerprint density at radius 2 is 2.00 bits per heavy atom. The van der Waals surface area contributed by atoms with E-state index in [4.69, 9.17) is 4.98 Å². The molecule has 3 aromatic rings. The fraction of sp³-hybridized carbons (Fsp3) is 0.176. The minimum Gasteiger partial charge on any atom is -0.389 e. The van der Waals surface area contributed by atoms with Gasteiger partial charge in [0.2, 0.25) is 0 Å². The van der Waals surface area contributed by atoms with Crippen molar-refractivity contribution >= 4 is 10.9 Å². The summed E-state index contributed by atoms with van der Waals surface area (Å²) in [5.74, 6) is 0. The van der Waals surface area contributed by atoms with Gasteiger partial charge in [-0.15, -0.1) is 0 Å². The van der Waals surface area contributed by atoms with Crippen molar-refractivity contribution in [3.63, 3.8) is 0 Å². The van der Waals surface area contributed by atoms with Crippen molar-refractivity contribution < 1.29 is 5.11 Å². The second-order valence-corrected chi connectivity index (χ2v) is 4.99. The summed E-state index contributed by atoms with van der Waals surface area (Å²) in [7, 11) is 0. The van der Waals surface area contributed by atoms with Crippen LogP contribution in [-0.2, 0) is 0 Å². The van der Waals surface area contributed by atoms with E-state index in [2.05, 4.69) is 4.98 Å². The Kier molecular flexibility index (Phi) is 3.20. The number of para-hydroxylation sites is 1. The van der Waals surface area contributed by atoms with E-state index in [0.29, 0.717) is 0 Å². The largest absolute Gasteiger partial charge is 0.389 e. The van der Waals surface area contributed by atoms with Crippen LogP contribution in [0.25, 0.3) is 22.2 Å². The third-order valence-electron chi connectivity index (χ3n) is 3.46. The van der Waals surface area contributed by atoms with Crippen LogP contribution in [0, 0.1) is 6.92 Å². The van der Waals surface area contributed by atoms with Crippen LogP contribution in [0.1, 0.15) is 24.2 Å². The molecular formula is C17H16N2O. The van der Waals surface area contributed by atoms with Gasteiger partial charge in [0.1, 0.15) is 0 Å². The predicted molar refractivity (Wildman–Crippen MR) is 80.3 cm³/mol. The number of nitrogens with zero attached hydrogens (tertiary/aromatic N) is 2. The zero-order chi connectivity index (χ0) is 14.1. The predicted octanol–water partition coefficient (Wildman–Crippen LogP) is 3.66. The van der Waals surface area contributed by atoms with Crippen LogP contribution in [-0.4, -0.2) is 15.1 Å². The molecule has 2 aromatic heterocycles. The SMILES string of the molecule is Cc1cccc2cc(C(C)O)c(-c3cccnc3)nc12. The molecule has 2 heterocycles. The lowest BCUT2D eigenvalue weighted by Crippen LogP contribution is -1.99. The zero-order valence-corrected chi connectivity index (χ0v) is 11.5. The van der Waals surface area contributed by atoms with E-state index in [9.17, 15) is 5.11 Å². The monoisotopic (exact) mass is 264 g/mol. The number of benzene rings is 1. The molecule has 0 saturated carbocycles. The minimum atomic E-state index is -0.567. The van der Waals surface area contributed by atoms with E-state index in [1.54, 1.807) is 19.3 Å². The summed E-state index contributed by atoms with van der Waals surface area (Å²) in [5.41, 5.74) is 4.65. The average Bonchev–Trinajstić information content (AvgIpc) is 2.47. The van der Waals surface area contributed by atoms with E-state index in [-0.39, 0.29) is 0 Å². The number of rotatable bonds is 2. The Morgan fingerprint density at radius 1 is 1.15 bits per heavy atom. The quantitative estimate of drug-likeness (QED) is 0.768. The summed E-state index contributed by atoms with van der Waals surface area (Å²) >= 11 is 0. The Hall–Kier alpha value is -2.26. The molecule has 100 valence electrons. The molecule has 20 heavy (non-hydrogen) atoms. The minimum absolute atomic E-state index is 0.567. The highest BCUT2D eigenvalue weighted by atomic mass is 16.3. The summed E-state index contributed by atoms with van der Waals surface area (Å²) in [5, 5.41) is 11.1. The lowest BCUT2D eigenvalue weighted by Gasteiger charge is -2.13. The molecule has 0 aliphatic heterocycles. The van der Waals surface area contributed by atoms with Gasteiger partial charge < -0.3 is 5.11 Å². The second kappa shape index (κ2) is 5.02. The van der Waals surface area contributed by atoms with Gasteiger partial charge in [0.05, 0.1) is 17.3 Å². The topological polar surface area (TPSA) is 46.0 Å². The number of pyridine rings is 2. The summed E-state index contributed by atoms with van der Waals surface area (Å²) in [6, 6.07) is 11.9. The Labute approximate surface area is 117 Å². The van der Waals surface area contributed by atoms with E-state index >= 15 is 0 Å². The van der Waals surface area contributed by atoms with Crippen LogP contribution in [0.5, 0.6) is 0 Å². The number of aliphatic hydroxyl groups excluding tert-OH is 1. The maximum Gasteiger partial charge on any atom is 0.0783 e. The van der Waals surface area contributed by atoms with Crippen molar-refractivity contribution in [2.45, 2.75) is 20.0 Å². The smallest absolute Gasteiger partial charge is 0.0783 e. The van der Waals surface area contributed by atoms with E-state index < -0.39 is 6.10 Å². The highest BCUT2D eigenvalue weighted by molar-refractivity contribution is 5.85. The van der Waals surface area contributed by atoms with Crippen molar-refractivity contribution in [3.05, 3.63) is 59.9 Å². The fourth-order valence-electron chi connectivity index (χ4n) is 2.42. The molecule has 1 unspecified atom stereocenters. The van der Waals surface area contributed by atoms with E-state index in [0.717, 1.165) is 33.3 Å². The van der Waals surface area contributed by atoms with Gasteiger partial charge in [-0.1, -0.05) is 18.2 Å². The van der Waals surface area contributed by atoms with Gasteiger partial charge in [-0.25, -0.2) is 4.98 Å². The van der Waals surface area contributed by atoms with Crippen molar-refractivity contribution in [2.24, 2.45) is 0 Å². The number of aliphatic hydroxyl groups is 1. The summed E-state index contributed by atoms with van der Waals surface area (Å²) < 4.78 is 0. The molecule has 3 nitrogen and oxygen atoms in total. The highest BCUT2D eigenvalue weighted by Gasteiger charge is 2.14. The van der Waals surface area contributed by atoms with Crippen LogP contribution < -0.4 is 0 Å². The highest BCUT2D eigenvalue weighted by Crippen LogP contribution is 2.30. The van der Waals surface area contributed by atoms with Gasteiger partial charge in [0.15, 0.2) is 0 Å². The van der Waals surface area contributed by atoms with Crippen molar-refractivity contribution in [1.82, 2.24) is 9.97 Å². The number of hydrogen-bond donors (Lipinski definition) is 1. The molecule has 0 aliphatic carbocycles. The van der Waals surface area contributed by atoms with Gasteiger partial charge in [0.25, 0.3) is 0 Å². The molecule has 1 aromatic carbocycles. The number of aryl methyl sites for hydroxylation is 1. The standard InChI is InChI=1S/C17H16N2O/c1-11-5-3-6-13-9-15(12(2)20)17(19-16(11)13)14-7-4-8-18-10-14/h3-10,12,20H,1-2H3. The Balaban J connectivity index is 2.34. The van der Waals surface area contributed by atoms with Crippen molar-refractivity contribution in [3.8, 4) is 11.3 Å². The van der Waals surface area contributed by atoms with Gasteiger partial charge in [0, 0.05) is 28.9 Å². The molecule has 0 saturated heterocycles. The molecule has 0 fully saturated rings. The van der Waals surface area contributed by atoms with E-state index in [1.807, 2.05) is 43.3 Å². The summed E-state index contributed by atoms with van der Waals surface area (Å²) in [6.45, 7) is 3.81. The first kappa shape index (κ1) is 12.8. The van der Waals surface area contributed by atoms with Gasteiger partial charge in [-0.05, 0) is 37.6 Å². The first-order valence-electron chi connectivity index (χ1n) is 6.65. The number of aromatic nitrogens is 2. The maximum atomic E-state index is 10.0. The van der Waals surface area contributed by atoms with Crippen LogP contribution >= 0.6 is 0 Å². The lowest BCUT2D eigenvalue weighted by atomic mass is 10.00. The summed E-state index contributed by atoms with van der Waals surface area (Å²) in [6.07, 6.45) is 2.94. The first-order chi connectivity index (χ1) is 9.66. The Morgan fingerprint density at radius 3 is 2.70 bits per heavy atom. The number of hydrogen-bond acceptors (Lipinski definition) is 3. The molecule has 1 atom stereocenters. The fourth-order valence-corrected chi connectivity index (χ4v) is 2.42. The zero-order valence-electron chi connectivity index (χ0n) is 11.5. The molecule has 0 aliphatic rings. The Bertz CT molecular complexity index is 752. The maximum absolute atomic E-state index is 10.0. The van der Waals surface area contributed by atoms with Crippen LogP contribution in [0.2, 0.25) is 0 Å². The van der Waals surface area contributed by atoms with Gasteiger partial charge in [-0.3, -0.25) is 4.98 Å². The third-order valence-corrected chi connectivity index (χ3v) is 3.46. The molecule has 3 heteroatoms. The second-order valence-electron chi connectivity index (χ2n) is 4.99. The molecule has 3 rings (SSSR count). The molecule has 0 radical (unpaired) electrons. The molecule has 0 bridgehead atoms. The first-order valence-corrected chi connectivity index (χ1v) is 6.65. The number of fused-ring (bicyclic) bond motifs is 1. The molecule has 0 spiro atoms. The van der Waals surface area contributed by atoms with E-state index in [1.165, 1.54) is 0 Å². The van der Waals surface area contributed by atoms with Crippen molar-refractivity contribution in [1.29, 1.82) is 0 Å². The van der Waals surface area contributed by atoms with Gasteiger partial charge in [-0.2, -0.15) is 0 Å². The summed E-state index contributed by atoms with van der Waals surface area (Å²) in [4.78, 5) is 8.91. The third kappa shape index (κ3) is 2.17. The van der Waals surface area contributed by atoms with Crippen LogP contribution in [0.15, 0.2) is 48.8 Å². The lowest BCUT2D eigenvalue weighted by molar-refractivity contribution is 0.199. The molecule has 0 amide bonds. The normalized spacial score (nSPS) is 12.6.